The van der Waals surface area contributed by atoms with Crippen LogP contribution in [0.3, 0.4) is 0 Å². The van der Waals surface area contributed by atoms with Crippen molar-refractivity contribution in [3.8, 4) is 10.6 Å². The number of thiazole rings is 1. The van der Waals surface area contributed by atoms with Gasteiger partial charge in [0.15, 0.2) is 0 Å². The Morgan fingerprint density at radius 2 is 1.96 bits per heavy atom. The maximum absolute atomic E-state index is 11.8. The van der Waals surface area contributed by atoms with Crippen LogP contribution in [0.2, 0.25) is 0 Å². The first kappa shape index (κ1) is 15.9. The summed E-state index contributed by atoms with van der Waals surface area (Å²) in [5.41, 5.74) is 2.53. The highest BCUT2D eigenvalue weighted by Crippen LogP contribution is 2.31. The van der Waals surface area contributed by atoms with Gasteiger partial charge in [-0.05, 0) is 24.3 Å². The first-order valence-corrected chi connectivity index (χ1v) is 8.19. The summed E-state index contributed by atoms with van der Waals surface area (Å²) < 4.78 is 1.12. The zero-order valence-corrected chi connectivity index (χ0v) is 13.8. The van der Waals surface area contributed by atoms with E-state index in [9.17, 15) is 9.59 Å². The number of anilines is 1. The highest BCUT2D eigenvalue weighted by atomic mass is 32.1. The molecule has 24 heavy (non-hydrogen) atoms. The second-order valence-corrected chi connectivity index (χ2v) is 6.08. The van der Waals surface area contributed by atoms with E-state index < -0.39 is 6.03 Å². The maximum Gasteiger partial charge on any atom is 0.319 e. The number of carbonyl (C=O) groups excluding carboxylic acids is 2. The van der Waals surface area contributed by atoms with E-state index in [0.29, 0.717) is 5.69 Å². The van der Waals surface area contributed by atoms with Crippen molar-refractivity contribution in [2.75, 3.05) is 18.9 Å². The second kappa shape index (κ2) is 7.10. The molecule has 3 rings (SSSR count). The number of para-hydroxylation sites is 1. The Morgan fingerprint density at radius 3 is 2.75 bits per heavy atom. The Labute approximate surface area is 142 Å². The summed E-state index contributed by atoms with van der Waals surface area (Å²) in [6, 6.07) is 15.0. The molecule has 6 nitrogen and oxygen atoms in total. The van der Waals surface area contributed by atoms with Crippen LogP contribution in [0.1, 0.15) is 0 Å². The van der Waals surface area contributed by atoms with Crippen molar-refractivity contribution in [2.24, 2.45) is 0 Å². The lowest BCUT2D eigenvalue weighted by atomic mass is 10.2. The number of benzene rings is 2. The van der Waals surface area contributed by atoms with E-state index in [1.807, 2.05) is 42.5 Å². The van der Waals surface area contributed by atoms with E-state index >= 15 is 0 Å². The molecule has 0 aliphatic carbocycles. The summed E-state index contributed by atoms with van der Waals surface area (Å²) in [6.45, 7) is -0.0695. The number of rotatable bonds is 4. The van der Waals surface area contributed by atoms with Gasteiger partial charge in [-0.1, -0.05) is 24.3 Å². The van der Waals surface area contributed by atoms with Gasteiger partial charge >= 0.3 is 6.03 Å². The van der Waals surface area contributed by atoms with Crippen LogP contribution in [-0.2, 0) is 4.79 Å². The predicted octanol–water partition coefficient (Wildman–Crippen LogP) is 2.83. The fourth-order valence-electron chi connectivity index (χ4n) is 2.15. The average Bonchev–Trinajstić information content (AvgIpc) is 3.04. The fraction of sp³-hybridized carbons (Fsp3) is 0.118. The van der Waals surface area contributed by atoms with Gasteiger partial charge in [-0.2, -0.15) is 0 Å². The SMILES string of the molecule is CNC(=O)CNC(=O)Nc1cccc(-c2nc3ccccc3s2)c1. The first-order chi connectivity index (χ1) is 11.7. The Morgan fingerprint density at radius 1 is 1.12 bits per heavy atom. The lowest BCUT2D eigenvalue weighted by molar-refractivity contribution is -0.119. The van der Waals surface area contributed by atoms with Crippen molar-refractivity contribution in [1.82, 2.24) is 15.6 Å². The van der Waals surface area contributed by atoms with E-state index in [1.165, 1.54) is 7.05 Å². The molecule has 0 aliphatic rings. The van der Waals surface area contributed by atoms with Gasteiger partial charge in [-0.3, -0.25) is 4.79 Å². The molecule has 122 valence electrons. The van der Waals surface area contributed by atoms with Gasteiger partial charge in [-0.15, -0.1) is 11.3 Å². The van der Waals surface area contributed by atoms with Gasteiger partial charge in [0.05, 0.1) is 16.8 Å². The minimum absolute atomic E-state index is 0.0695. The molecule has 0 fully saturated rings. The van der Waals surface area contributed by atoms with Crippen LogP contribution < -0.4 is 16.0 Å². The topological polar surface area (TPSA) is 83.1 Å². The quantitative estimate of drug-likeness (QED) is 0.683. The fourth-order valence-corrected chi connectivity index (χ4v) is 3.11. The molecule has 0 unspecified atom stereocenters. The van der Waals surface area contributed by atoms with Crippen molar-refractivity contribution in [3.05, 3.63) is 48.5 Å². The van der Waals surface area contributed by atoms with Crippen LogP contribution >= 0.6 is 11.3 Å². The minimum atomic E-state index is -0.431. The molecule has 0 atom stereocenters. The van der Waals surface area contributed by atoms with E-state index in [-0.39, 0.29) is 12.5 Å². The Bertz CT molecular complexity index is 858. The highest BCUT2D eigenvalue weighted by molar-refractivity contribution is 7.21. The molecule has 0 spiro atoms. The molecular weight excluding hydrogens is 324 g/mol. The number of aromatic nitrogens is 1. The first-order valence-electron chi connectivity index (χ1n) is 7.37. The van der Waals surface area contributed by atoms with E-state index in [2.05, 4.69) is 20.9 Å². The van der Waals surface area contributed by atoms with Crippen LogP contribution in [-0.4, -0.2) is 30.5 Å². The molecule has 0 bridgehead atoms. The van der Waals surface area contributed by atoms with Crippen LogP contribution in [0.15, 0.2) is 48.5 Å². The van der Waals surface area contributed by atoms with Crippen molar-refractivity contribution in [3.63, 3.8) is 0 Å². The highest BCUT2D eigenvalue weighted by Gasteiger charge is 2.08. The third kappa shape index (κ3) is 3.69. The third-order valence-electron chi connectivity index (χ3n) is 3.35. The summed E-state index contributed by atoms with van der Waals surface area (Å²) >= 11 is 1.60. The van der Waals surface area contributed by atoms with E-state index in [1.54, 1.807) is 17.4 Å². The maximum atomic E-state index is 11.8. The van der Waals surface area contributed by atoms with Crippen LogP contribution in [0.5, 0.6) is 0 Å². The molecule has 0 aliphatic heterocycles. The number of amides is 3. The van der Waals surface area contributed by atoms with E-state index in [0.717, 1.165) is 20.8 Å². The summed E-state index contributed by atoms with van der Waals surface area (Å²) in [4.78, 5) is 27.5. The number of carbonyl (C=O) groups is 2. The molecule has 3 N–H and O–H groups in total. The van der Waals surface area contributed by atoms with Crippen LogP contribution in [0, 0.1) is 0 Å². The molecule has 3 amide bonds. The minimum Gasteiger partial charge on any atom is -0.358 e. The normalized spacial score (nSPS) is 10.4. The number of urea groups is 1. The molecule has 3 aromatic rings. The van der Waals surface area contributed by atoms with E-state index in [4.69, 9.17) is 0 Å². The largest absolute Gasteiger partial charge is 0.358 e. The number of hydrogen-bond acceptors (Lipinski definition) is 4. The van der Waals surface area contributed by atoms with Crippen LogP contribution in [0.25, 0.3) is 20.8 Å². The zero-order valence-electron chi connectivity index (χ0n) is 13.0. The number of fused-ring (bicyclic) bond motifs is 1. The molecule has 0 saturated carbocycles. The average molecular weight is 340 g/mol. The van der Waals surface area contributed by atoms with Gasteiger partial charge in [0.25, 0.3) is 0 Å². The number of nitrogens with zero attached hydrogens (tertiary/aromatic N) is 1. The predicted molar refractivity (Wildman–Crippen MR) is 96.1 cm³/mol. The number of likely N-dealkylation sites (N-methyl/N-ethyl adjacent to an activating group) is 1. The van der Waals surface area contributed by atoms with Crippen molar-refractivity contribution >= 4 is 39.2 Å². The monoisotopic (exact) mass is 340 g/mol. The summed E-state index contributed by atoms with van der Waals surface area (Å²) in [7, 11) is 1.52. The van der Waals surface area contributed by atoms with Gasteiger partial charge < -0.3 is 16.0 Å². The van der Waals surface area contributed by atoms with Gasteiger partial charge in [0, 0.05) is 18.3 Å². The molecule has 1 aromatic heterocycles. The van der Waals surface area contributed by atoms with Crippen molar-refractivity contribution < 1.29 is 9.59 Å². The lowest BCUT2D eigenvalue weighted by Gasteiger charge is -2.07. The standard InChI is InChI=1S/C17H16N4O2S/c1-18-15(22)10-19-17(23)20-12-6-4-5-11(9-12)16-21-13-7-2-3-8-14(13)24-16/h2-9H,10H2,1H3,(H,18,22)(H2,19,20,23). The smallest absolute Gasteiger partial charge is 0.319 e. The molecule has 7 heteroatoms. The molecular formula is C17H16N4O2S. The molecule has 2 aromatic carbocycles. The van der Waals surface area contributed by atoms with Crippen molar-refractivity contribution in [2.45, 2.75) is 0 Å². The van der Waals surface area contributed by atoms with Gasteiger partial charge in [-0.25, -0.2) is 9.78 Å². The summed E-state index contributed by atoms with van der Waals surface area (Å²) in [6.07, 6.45) is 0. The number of nitrogens with one attached hydrogen (secondary N) is 3. The molecule has 0 radical (unpaired) electrons. The van der Waals surface area contributed by atoms with Gasteiger partial charge in [0.1, 0.15) is 5.01 Å². The second-order valence-electron chi connectivity index (χ2n) is 5.05. The molecule has 1 heterocycles. The van der Waals surface area contributed by atoms with Crippen LogP contribution in [0.4, 0.5) is 10.5 Å². The van der Waals surface area contributed by atoms with Gasteiger partial charge in [0.2, 0.25) is 5.91 Å². The number of hydrogen-bond donors (Lipinski definition) is 3. The lowest BCUT2D eigenvalue weighted by Crippen LogP contribution is -2.37. The Hall–Kier alpha value is -2.93. The summed E-state index contributed by atoms with van der Waals surface area (Å²) in [5.74, 6) is -0.256. The zero-order chi connectivity index (χ0) is 16.9. The van der Waals surface area contributed by atoms with Crippen molar-refractivity contribution in [1.29, 1.82) is 0 Å². The Kier molecular flexibility index (Phi) is 4.72. The Balaban J connectivity index is 1.74. The third-order valence-corrected chi connectivity index (χ3v) is 4.44. The summed E-state index contributed by atoms with van der Waals surface area (Å²) in [5, 5.41) is 8.53. The molecule has 0 saturated heterocycles.